The van der Waals surface area contributed by atoms with Gasteiger partial charge >= 0.3 is 0 Å². The first-order chi connectivity index (χ1) is 11.7. The minimum absolute atomic E-state index is 0.243. The van der Waals surface area contributed by atoms with Gasteiger partial charge < -0.3 is 33.4 Å². The summed E-state index contributed by atoms with van der Waals surface area (Å²) < 4.78 is 34.9. The molecule has 8 nitrogen and oxygen atoms in total. The zero-order chi connectivity index (χ0) is 17.8. The zero-order valence-electron chi connectivity index (χ0n) is 14.7. The molecule has 0 spiro atoms. The summed E-state index contributed by atoms with van der Waals surface area (Å²) >= 11 is 0. The van der Waals surface area contributed by atoms with Crippen molar-refractivity contribution in [2.24, 2.45) is 0 Å². The Morgan fingerprint density at radius 1 is 1.04 bits per heavy atom. The third-order valence-electron chi connectivity index (χ3n) is 4.46. The highest BCUT2D eigenvalue weighted by Crippen LogP contribution is 2.43. The first-order valence-corrected chi connectivity index (χ1v) is 8.43. The third kappa shape index (κ3) is 3.20. The zero-order valence-corrected chi connectivity index (χ0v) is 14.7. The van der Waals surface area contributed by atoms with Crippen molar-refractivity contribution in [2.75, 3.05) is 6.54 Å². The van der Waals surface area contributed by atoms with E-state index >= 15 is 0 Å². The highest BCUT2D eigenvalue weighted by atomic mass is 16.9. The smallest absolute Gasteiger partial charge is 0.287 e. The van der Waals surface area contributed by atoms with Crippen molar-refractivity contribution in [3.05, 3.63) is 24.2 Å². The first kappa shape index (κ1) is 17.0. The molecule has 0 saturated carbocycles. The van der Waals surface area contributed by atoms with Crippen LogP contribution in [0, 0.1) is 0 Å². The molecule has 0 bridgehead atoms. The minimum Gasteiger partial charge on any atom is -0.459 e. The molecule has 5 atom stereocenters. The lowest BCUT2D eigenvalue weighted by Crippen LogP contribution is -2.57. The second-order valence-electron chi connectivity index (χ2n) is 7.40. The van der Waals surface area contributed by atoms with E-state index in [0.29, 0.717) is 0 Å². The van der Waals surface area contributed by atoms with Gasteiger partial charge in [-0.15, -0.1) is 0 Å². The van der Waals surface area contributed by atoms with Gasteiger partial charge in [-0.1, -0.05) is 0 Å². The number of carbonyl (C=O) groups excluding carboxylic acids is 1. The number of fused-ring (bicyclic) bond motifs is 3. The van der Waals surface area contributed by atoms with Crippen LogP contribution in [0.5, 0.6) is 0 Å². The molecule has 8 heteroatoms. The molecular formula is C17H23NO7. The molecule has 25 heavy (non-hydrogen) atoms. The van der Waals surface area contributed by atoms with Gasteiger partial charge in [0.25, 0.3) is 5.91 Å². The Hall–Kier alpha value is -1.45. The Labute approximate surface area is 145 Å². The lowest BCUT2D eigenvalue weighted by atomic mass is 9.99. The number of furan rings is 1. The van der Waals surface area contributed by atoms with E-state index in [1.54, 1.807) is 12.1 Å². The van der Waals surface area contributed by atoms with Crippen molar-refractivity contribution < 1.29 is 32.9 Å². The van der Waals surface area contributed by atoms with Gasteiger partial charge in [0.05, 0.1) is 6.26 Å². The van der Waals surface area contributed by atoms with Crippen LogP contribution in [0.2, 0.25) is 0 Å². The highest BCUT2D eigenvalue weighted by Gasteiger charge is 2.60. The quantitative estimate of drug-likeness (QED) is 0.879. The van der Waals surface area contributed by atoms with Crippen LogP contribution in [0.25, 0.3) is 0 Å². The van der Waals surface area contributed by atoms with Crippen LogP contribution in [-0.4, -0.2) is 54.7 Å². The molecule has 1 aromatic rings. The summed E-state index contributed by atoms with van der Waals surface area (Å²) in [6.45, 7) is 7.60. The molecule has 0 radical (unpaired) electrons. The largest absolute Gasteiger partial charge is 0.459 e. The summed E-state index contributed by atoms with van der Waals surface area (Å²) in [5, 5.41) is 2.81. The molecule has 3 fully saturated rings. The fraction of sp³-hybridized carbons (Fsp3) is 0.706. The number of hydrogen-bond acceptors (Lipinski definition) is 7. The molecule has 4 heterocycles. The molecule has 1 N–H and O–H groups in total. The molecule has 3 aliphatic heterocycles. The van der Waals surface area contributed by atoms with Gasteiger partial charge in [0, 0.05) is 6.54 Å². The van der Waals surface area contributed by atoms with Crippen LogP contribution in [0.3, 0.4) is 0 Å². The number of nitrogens with one attached hydrogen (secondary N) is 1. The van der Waals surface area contributed by atoms with E-state index in [1.165, 1.54) is 6.26 Å². The first-order valence-electron chi connectivity index (χ1n) is 8.43. The van der Waals surface area contributed by atoms with Crippen LogP contribution in [-0.2, 0) is 23.7 Å². The molecule has 0 unspecified atom stereocenters. The molecule has 4 rings (SSSR count). The Bertz CT molecular complexity index is 641. The summed E-state index contributed by atoms with van der Waals surface area (Å²) in [5.41, 5.74) is 0. The molecule has 3 saturated heterocycles. The Morgan fingerprint density at radius 3 is 2.44 bits per heavy atom. The van der Waals surface area contributed by atoms with Crippen LogP contribution in [0.1, 0.15) is 38.2 Å². The highest BCUT2D eigenvalue weighted by molar-refractivity contribution is 5.91. The van der Waals surface area contributed by atoms with Crippen molar-refractivity contribution in [1.82, 2.24) is 5.32 Å². The molecule has 138 valence electrons. The van der Waals surface area contributed by atoms with E-state index in [-0.39, 0.29) is 36.5 Å². The Balaban J connectivity index is 1.49. The van der Waals surface area contributed by atoms with Gasteiger partial charge in [0.1, 0.15) is 24.4 Å². The van der Waals surface area contributed by atoms with Gasteiger partial charge in [-0.05, 0) is 39.8 Å². The van der Waals surface area contributed by atoms with E-state index in [0.717, 1.165) is 0 Å². The SMILES string of the molecule is CC1(C)O[C@H]2[C@@H](O1)[C@@H](CNC(=O)c1ccco1)O[C@H]1OC(C)(C)O[C@@H]12. The number of carbonyl (C=O) groups is 1. The summed E-state index contributed by atoms with van der Waals surface area (Å²) in [6, 6.07) is 3.26. The molecule has 0 aliphatic carbocycles. The average molecular weight is 353 g/mol. The molecular weight excluding hydrogens is 330 g/mol. The van der Waals surface area contributed by atoms with E-state index < -0.39 is 24.0 Å². The number of ether oxygens (including phenoxy) is 5. The third-order valence-corrected chi connectivity index (χ3v) is 4.46. The topological polar surface area (TPSA) is 88.4 Å². The molecule has 1 amide bonds. The van der Waals surface area contributed by atoms with Crippen LogP contribution in [0.4, 0.5) is 0 Å². The minimum atomic E-state index is -0.762. The maximum Gasteiger partial charge on any atom is 0.287 e. The standard InChI is InChI=1S/C17H23NO7/c1-16(2)22-11-10(8-18-14(19)9-6-5-7-20-9)21-15-13(12(11)23-16)24-17(3,4)25-15/h5-7,10-13,15H,8H2,1-4H3,(H,18,19)/t10-,11+,12+,13-,15+/m1/s1. The van der Waals surface area contributed by atoms with Crippen molar-refractivity contribution >= 4 is 5.91 Å². The Kier molecular flexibility index (Phi) is 3.93. The summed E-state index contributed by atoms with van der Waals surface area (Å²) in [4.78, 5) is 12.1. The van der Waals surface area contributed by atoms with E-state index in [1.807, 2.05) is 27.7 Å². The Morgan fingerprint density at radius 2 is 1.72 bits per heavy atom. The van der Waals surface area contributed by atoms with Gasteiger partial charge in [0.2, 0.25) is 0 Å². The monoisotopic (exact) mass is 353 g/mol. The summed E-state index contributed by atoms with van der Waals surface area (Å²) in [6.07, 6.45) is -0.622. The predicted octanol–water partition coefficient (Wildman–Crippen LogP) is 1.41. The van der Waals surface area contributed by atoms with Crippen LogP contribution >= 0.6 is 0 Å². The van der Waals surface area contributed by atoms with Crippen LogP contribution < -0.4 is 5.32 Å². The van der Waals surface area contributed by atoms with Crippen molar-refractivity contribution in [1.29, 1.82) is 0 Å². The van der Waals surface area contributed by atoms with E-state index in [9.17, 15) is 4.79 Å². The molecule has 0 aromatic carbocycles. The maximum atomic E-state index is 12.1. The van der Waals surface area contributed by atoms with Crippen molar-refractivity contribution in [3.8, 4) is 0 Å². The lowest BCUT2D eigenvalue weighted by molar-refractivity contribution is -0.232. The van der Waals surface area contributed by atoms with Crippen molar-refractivity contribution in [2.45, 2.75) is 70.0 Å². The predicted molar refractivity (Wildman–Crippen MR) is 83.6 cm³/mol. The fourth-order valence-corrected chi connectivity index (χ4v) is 3.55. The fourth-order valence-electron chi connectivity index (χ4n) is 3.55. The second-order valence-corrected chi connectivity index (χ2v) is 7.40. The number of hydrogen-bond donors (Lipinski definition) is 1. The van der Waals surface area contributed by atoms with E-state index in [4.69, 9.17) is 28.1 Å². The normalized spacial score (nSPS) is 38.2. The van der Waals surface area contributed by atoms with Gasteiger partial charge in [-0.2, -0.15) is 0 Å². The second kappa shape index (κ2) is 5.78. The van der Waals surface area contributed by atoms with Crippen LogP contribution in [0.15, 0.2) is 22.8 Å². The summed E-state index contributed by atoms with van der Waals surface area (Å²) in [5.74, 6) is -1.58. The molecule has 3 aliphatic rings. The van der Waals surface area contributed by atoms with Crippen molar-refractivity contribution in [3.63, 3.8) is 0 Å². The number of rotatable bonds is 3. The van der Waals surface area contributed by atoms with Gasteiger partial charge in [0.15, 0.2) is 23.6 Å². The maximum absolute atomic E-state index is 12.1. The van der Waals surface area contributed by atoms with Gasteiger partial charge in [-0.3, -0.25) is 4.79 Å². The molecule has 1 aromatic heterocycles. The summed E-state index contributed by atoms with van der Waals surface area (Å²) in [7, 11) is 0. The van der Waals surface area contributed by atoms with E-state index in [2.05, 4.69) is 5.32 Å². The lowest BCUT2D eigenvalue weighted by Gasteiger charge is -2.37. The van der Waals surface area contributed by atoms with Gasteiger partial charge in [-0.25, -0.2) is 0 Å². The number of amides is 1. The average Bonchev–Trinajstić information content (AvgIpc) is 3.19.